The molecule has 0 aliphatic carbocycles. The van der Waals surface area contributed by atoms with Crippen LogP contribution in [-0.4, -0.2) is 40.9 Å². The van der Waals surface area contributed by atoms with Gasteiger partial charge in [0.15, 0.2) is 0 Å². The van der Waals surface area contributed by atoms with Crippen LogP contribution < -0.4 is 0 Å². The highest BCUT2D eigenvalue weighted by Crippen LogP contribution is 2.23. The third kappa shape index (κ3) is 4.38. The summed E-state index contributed by atoms with van der Waals surface area (Å²) in [6.45, 7) is 8.37. The lowest BCUT2D eigenvalue weighted by Gasteiger charge is -2.36. The quantitative estimate of drug-likeness (QED) is 0.717. The van der Waals surface area contributed by atoms with Gasteiger partial charge < -0.3 is 14.7 Å². The van der Waals surface area contributed by atoms with Crippen molar-refractivity contribution in [2.45, 2.75) is 52.2 Å². The molecule has 0 radical (unpaired) electrons. The van der Waals surface area contributed by atoms with Gasteiger partial charge in [-0.2, -0.15) is 0 Å². The van der Waals surface area contributed by atoms with Gasteiger partial charge in [0, 0.05) is 12.6 Å². The molecule has 4 heteroatoms. The van der Waals surface area contributed by atoms with Gasteiger partial charge in [-0.15, -0.1) is 0 Å². The fourth-order valence-electron chi connectivity index (χ4n) is 1.98. The number of nitrogens with zero attached hydrogens (tertiary/aromatic N) is 1. The van der Waals surface area contributed by atoms with Crippen molar-refractivity contribution < 1.29 is 14.6 Å². The SMILES string of the molecule is C[C@H]1CC(=CCO)CCN1C(=O)OC(C)(C)C. The molecule has 0 bridgehead atoms. The van der Waals surface area contributed by atoms with Crippen LogP contribution in [0, 0.1) is 0 Å². The first-order valence-electron chi connectivity index (χ1n) is 6.12. The summed E-state index contributed by atoms with van der Waals surface area (Å²) in [5.74, 6) is 0. The van der Waals surface area contributed by atoms with Gasteiger partial charge in [-0.05, 0) is 40.5 Å². The first-order valence-corrected chi connectivity index (χ1v) is 6.12. The van der Waals surface area contributed by atoms with E-state index in [2.05, 4.69) is 0 Å². The van der Waals surface area contributed by atoms with Gasteiger partial charge in [-0.1, -0.05) is 11.6 Å². The number of aliphatic hydroxyl groups excluding tert-OH is 1. The van der Waals surface area contributed by atoms with E-state index < -0.39 is 5.60 Å². The molecular weight excluding hydrogens is 218 g/mol. The number of carbonyl (C=O) groups is 1. The summed E-state index contributed by atoms with van der Waals surface area (Å²) in [6.07, 6.45) is 3.24. The van der Waals surface area contributed by atoms with E-state index >= 15 is 0 Å². The summed E-state index contributed by atoms with van der Waals surface area (Å²) in [5.41, 5.74) is 0.776. The highest BCUT2D eigenvalue weighted by Gasteiger charge is 2.29. The predicted molar refractivity (Wildman–Crippen MR) is 66.8 cm³/mol. The van der Waals surface area contributed by atoms with Crippen LogP contribution in [0.25, 0.3) is 0 Å². The Hall–Kier alpha value is -1.03. The Labute approximate surface area is 103 Å². The molecule has 1 aliphatic rings. The van der Waals surface area contributed by atoms with E-state index in [1.165, 1.54) is 5.57 Å². The lowest BCUT2D eigenvalue weighted by molar-refractivity contribution is 0.0152. The van der Waals surface area contributed by atoms with Gasteiger partial charge in [0.2, 0.25) is 0 Å². The molecule has 1 amide bonds. The van der Waals surface area contributed by atoms with Crippen molar-refractivity contribution in [3.05, 3.63) is 11.6 Å². The van der Waals surface area contributed by atoms with Gasteiger partial charge in [-0.3, -0.25) is 0 Å². The Morgan fingerprint density at radius 2 is 2.24 bits per heavy atom. The maximum absolute atomic E-state index is 11.9. The average Bonchev–Trinajstić information content (AvgIpc) is 2.15. The molecule has 4 nitrogen and oxygen atoms in total. The summed E-state index contributed by atoms with van der Waals surface area (Å²) in [4.78, 5) is 13.7. The molecule has 1 saturated heterocycles. The first-order chi connectivity index (χ1) is 7.83. The van der Waals surface area contributed by atoms with Crippen molar-refractivity contribution in [2.75, 3.05) is 13.2 Å². The Morgan fingerprint density at radius 1 is 1.59 bits per heavy atom. The first kappa shape index (κ1) is 14.0. The normalized spacial score (nSPS) is 23.9. The molecule has 0 saturated carbocycles. The van der Waals surface area contributed by atoms with Crippen molar-refractivity contribution in [3.8, 4) is 0 Å². The fraction of sp³-hybridized carbons (Fsp3) is 0.769. The molecular formula is C13H23NO3. The third-order valence-electron chi connectivity index (χ3n) is 2.77. The number of hydrogen-bond donors (Lipinski definition) is 1. The third-order valence-corrected chi connectivity index (χ3v) is 2.77. The van der Waals surface area contributed by atoms with Gasteiger partial charge in [0.25, 0.3) is 0 Å². The number of piperidine rings is 1. The van der Waals surface area contributed by atoms with Crippen LogP contribution in [0.1, 0.15) is 40.5 Å². The van der Waals surface area contributed by atoms with Gasteiger partial charge in [-0.25, -0.2) is 4.79 Å². The lowest BCUT2D eigenvalue weighted by Crippen LogP contribution is -2.45. The Kier molecular flexibility index (Phi) is 4.57. The molecule has 0 aromatic rings. The number of likely N-dealkylation sites (tertiary alicyclic amines) is 1. The van der Waals surface area contributed by atoms with Gasteiger partial charge in [0.05, 0.1) is 6.61 Å². The zero-order chi connectivity index (χ0) is 13.1. The maximum atomic E-state index is 11.9. The van der Waals surface area contributed by atoms with Crippen LogP contribution >= 0.6 is 0 Å². The van der Waals surface area contributed by atoms with E-state index in [4.69, 9.17) is 9.84 Å². The van der Waals surface area contributed by atoms with Crippen molar-refractivity contribution in [1.29, 1.82) is 0 Å². The number of carbonyl (C=O) groups excluding carboxylic acids is 1. The molecule has 0 aromatic heterocycles. The fourth-order valence-corrected chi connectivity index (χ4v) is 1.98. The van der Waals surface area contributed by atoms with Crippen LogP contribution in [0.15, 0.2) is 11.6 Å². The minimum absolute atomic E-state index is 0.0779. The van der Waals surface area contributed by atoms with E-state index in [1.807, 2.05) is 33.8 Å². The van der Waals surface area contributed by atoms with Crippen molar-refractivity contribution in [1.82, 2.24) is 4.90 Å². The second-order valence-corrected chi connectivity index (χ2v) is 5.52. The Balaban J connectivity index is 2.58. The van der Waals surface area contributed by atoms with E-state index in [0.29, 0.717) is 6.54 Å². The molecule has 1 aliphatic heterocycles. The number of rotatable bonds is 1. The van der Waals surface area contributed by atoms with E-state index in [-0.39, 0.29) is 18.7 Å². The minimum atomic E-state index is -0.446. The Morgan fingerprint density at radius 3 is 2.71 bits per heavy atom. The molecule has 1 fully saturated rings. The van der Waals surface area contributed by atoms with E-state index in [9.17, 15) is 4.79 Å². The molecule has 1 heterocycles. The monoisotopic (exact) mass is 241 g/mol. The largest absolute Gasteiger partial charge is 0.444 e. The standard InChI is InChI=1S/C13H23NO3/c1-10-9-11(6-8-15)5-7-14(10)12(16)17-13(2,3)4/h6,10,15H,5,7-9H2,1-4H3/t10-/m0/s1. The molecule has 0 unspecified atom stereocenters. The molecule has 0 spiro atoms. The summed E-state index contributed by atoms with van der Waals surface area (Å²) in [5, 5.41) is 8.85. The number of ether oxygens (including phenoxy) is 1. The second kappa shape index (κ2) is 5.54. The maximum Gasteiger partial charge on any atom is 0.410 e. The zero-order valence-electron chi connectivity index (χ0n) is 11.2. The summed E-state index contributed by atoms with van der Waals surface area (Å²) in [6, 6.07) is 0.136. The molecule has 17 heavy (non-hydrogen) atoms. The van der Waals surface area contributed by atoms with Crippen molar-refractivity contribution >= 4 is 6.09 Å². The number of aliphatic hydroxyl groups is 1. The average molecular weight is 241 g/mol. The molecule has 0 aromatic carbocycles. The van der Waals surface area contributed by atoms with Crippen LogP contribution in [0.3, 0.4) is 0 Å². The van der Waals surface area contributed by atoms with Gasteiger partial charge >= 0.3 is 6.09 Å². The van der Waals surface area contributed by atoms with Crippen molar-refractivity contribution in [3.63, 3.8) is 0 Å². The highest BCUT2D eigenvalue weighted by molar-refractivity contribution is 5.68. The molecule has 1 N–H and O–H groups in total. The number of hydrogen-bond acceptors (Lipinski definition) is 3. The smallest absolute Gasteiger partial charge is 0.410 e. The summed E-state index contributed by atoms with van der Waals surface area (Å²) >= 11 is 0. The minimum Gasteiger partial charge on any atom is -0.444 e. The van der Waals surface area contributed by atoms with E-state index in [0.717, 1.165) is 12.8 Å². The summed E-state index contributed by atoms with van der Waals surface area (Å²) < 4.78 is 5.36. The zero-order valence-corrected chi connectivity index (χ0v) is 11.2. The predicted octanol–water partition coefficient (Wildman–Crippen LogP) is 2.32. The number of amides is 1. The highest BCUT2D eigenvalue weighted by atomic mass is 16.6. The van der Waals surface area contributed by atoms with Gasteiger partial charge in [0.1, 0.15) is 5.60 Å². The van der Waals surface area contributed by atoms with Crippen LogP contribution in [0.4, 0.5) is 4.79 Å². The summed E-state index contributed by atoms with van der Waals surface area (Å²) in [7, 11) is 0. The topological polar surface area (TPSA) is 49.8 Å². The van der Waals surface area contributed by atoms with E-state index in [1.54, 1.807) is 4.90 Å². The van der Waals surface area contributed by atoms with Crippen LogP contribution in [-0.2, 0) is 4.74 Å². The van der Waals surface area contributed by atoms with Crippen molar-refractivity contribution in [2.24, 2.45) is 0 Å². The van der Waals surface area contributed by atoms with Crippen LogP contribution in [0.5, 0.6) is 0 Å². The molecule has 1 rings (SSSR count). The molecule has 1 atom stereocenters. The second-order valence-electron chi connectivity index (χ2n) is 5.52. The van der Waals surface area contributed by atoms with Crippen LogP contribution in [0.2, 0.25) is 0 Å². The molecule has 98 valence electrons. The lowest BCUT2D eigenvalue weighted by atomic mass is 9.98. The Bertz CT molecular complexity index is 304.